The SMILES string of the molecule is CCc1nc2ccc(Br)cc2c(=O)n1N=Cc1ccc(OCc2ccc(F)cc2)cc1. The molecular weight excluding hydrogens is 461 g/mol. The monoisotopic (exact) mass is 479 g/mol. The Balaban J connectivity index is 1.53. The maximum atomic E-state index is 13.0. The van der Waals surface area contributed by atoms with Gasteiger partial charge in [-0.3, -0.25) is 4.79 Å². The van der Waals surface area contributed by atoms with Crippen molar-refractivity contribution in [3.63, 3.8) is 0 Å². The number of nitrogens with zero attached hydrogens (tertiary/aromatic N) is 3. The van der Waals surface area contributed by atoms with E-state index in [1.54, 1.807) is 24.4 Å². The zero-order valence-electron chi connectivity index (χ0n) is 16.8. The fourth-order valence-electron chi connectivity index (χ4n) is 3.06. The van der Waals surface area contributed by atoms with E-state index in [-0.39, 0.29) is 11.4 Å². The predicted octanol–water partition coefficient (Wildman–Crippen LogP) is 5.32. The first-order chi connectivity index (χ1) is 15.0. The molecule has 7 heteroatoms. The molecule has 1 heterocycles. The Morgan fingerprint density at radius 3 is 2.55 bits per heavy atom. The first-order valence-electron chi connectivity index (χ1n) is 9.76. The maximum absolute atomic E-state index is 13.0. The minimum atomic E-state index is -0.271. The van der Waals surface area contributed by atoms with E-state index in [1.165, 1.54) is 16.8 Å². The summed E-state index contributed by atoms with van der Waals surface area (Å²) in [5, 5.41) is 4.89. The quantitative estimate of drug-likeness (QED) is 0.351. The summed E-state index contributed by atoms with van der Waals surface area (Å²) in [5.41, 5.74) is 2.14. The predicted molar refractivity (Wildman–Crippen MR) is 123 cm³/mol. The zero-order chi connectivity index (χ0) is 21.8. The summed E-state index contributed by atoms with van der Waals surface area (Å²) in [6.45, 7) is 2.28. The molecule has 0 aliphatic heterocycles. The number of ether oxygens (including phenoxy) is 1. The van der Waals surface area contributed by atoms with Crippen LogP contribution in [0.2, 0.25) is 0 Å². The van der Waals surface area contributed by atoms with E-state index in [0.29, 0.717) is 35.5 Å². The fraction of sp³-hybridized carbons (Fsp3) is 0.125. The van der Waals surface area contributed by atoms with E-state index >= 15 is 0 Å². The minimum Gasteiger partial charge on any atom is -0.489 e. The van der Waals surface area contributed by atoms with Gasteiger partial charge < -0.3 is 4.74 Å². The second-order valence-electron chi connectivity index (χ2n) is 6.89. The molecule has 0 atom stereocenters. The van der Waals surface area contributed by atoms with Gasteiger partial charge in [0.1, 0.15) is 24.0 Å². The summed E-state index contributed by atoms with van der Waals surface area (Å²) in [4.78, 5) is 17.5. The normalized spacial score (nSPS) is 11.3. The van der Waals surface area contributed by atoms with Crippen LogP contribution in [0.4, 0.5) is 4.39 Å². The van der Waals surface area contributed by atoms with Crippen LogP contribution in [0.1, 0.15) is 23.9 Å². The van der Waals surface area contributed by atoms with Gasteiger partial charge in [0.2, 0.25) is 0 Å². The first kappa shape index (κ1) is 20.9. The van der Waals surface area contributed by atoms with Crippen LogP contribution in [0.15, 0.2) is 81.1 Å². The van der Waals surface area contributed by atoms with Crippen molar-refractivity contribution in [2.24, 2.45) is 5.10 Å². The number of hydrogen-bond donors (Lipinski definition) is 0. The van der Waals surface area contributed by atoms with Gasteiger partial charge in [-0.25, -0.2) is 9.37 Å². The Labute approximate surface area is 187 Å². The molecule has 0 saturated heterocycles. The fourth-order valence-corrected chi connectivity index (χ4v) is 3.43. The number of benzene rings is 3. The third kappa shape index (κ3) is 4.88. The third-order valence-corrected chi connectivity index (χ3v) is 5.21. The molecule has 1 aromatic heterocycles. The minimum absolute atomic E-state index is 0.210. The van der Waals surface area contributed by atoms with E-state index in [2.05, 4.69) is 26.0 Å². The molecule has 3 aromatic carbocycles. The van der Waals surface area contributed by atoms with E-state index in [0.717, 1.165) is 15.6 Å². The number of aryl methyl sites for hydroxylation is 1. The van der Waals surface area contributed by atoms with Crippen molar-refractivity contribution in [2.45, 2.75) is 20.0 Å². The average molecular weight is 480 g/mol. The summed E-state index contributed by atoms with van der Waals surface area (Å²) < 4.78 is 20.9. The highest BCUT2D eigenvalue weighted by atomic mass is 79.9. The third-order valence-electron chi connectivity index (χ3n) is 4.71. The second-order valence-corrected chi connectivity index (χ2v) is 7.80. The number of aromatic nitrogens is 2. The number of halogens is 2. The molecule has 0 N–H and O–H groups in total. The van der Waals surface area contributed by atoms with Gasteiger partial charge in [0, 0.05) is 10.9 Å². The Morgan fingerprint density at radius 2 is 1.84 bits per heavy atom. The van der Waals surface area contributed by atoms with Crippen LogP contribution in [0.3, 0.4) is 0 Å². The molecule has 5 nitrogen and oxygen atoms in total. The zero-order valence-corrected chi connectivity index (χ0v) is 18.3. The topological polar surface area (TPSA) is 56.5 Å². The lowest BCUT2D eigenvalue weighted by atomic mass is 10.2. The molecule has 0 aliphatic carbocycles. The van der Waals surface area contributed by atoms with Crippen molar-refractivity contribution in [3.05, 3.63) is 104 Å². The molecule has 0 amide bonds. The molecule has 0 unspecified atom stereocenters. The van der Waals surface area contributed by atoms with Gasteiger partial charge in [0.25, 0.3) is 5.56 Å². The molecule has 31 heavy (non-hydrogen) atoms. The van der Waals surface area contributed by atoms with Crippen LogP contribution in [-0.4, -0.2) is 15.9 Å². The second kappa shape index (κ2) is 9.22. The van der Waals surface area contributed by atoms with Crippen molar-refractivity contribution >= 4 is 33.0 Å². The standard InChI is InChI=1S/C24H19BrFN3O2/c1-2-23-28-22-12-7-18(25)13-21(22)24(30)29(23)27-14-16-5-10-20(11-6-16)31-15-17-3-8-19(26)9-4-17/h3-14H,2,15H2,1H3. The van der Waals surface area contributed by atoms with Gasteiger partial charge in [-0.15, -0.1) is 0 Å². The van der Waals surface area contributed by atoms with Crippen LogP contribution in [0.5, 0.6) is 5.75 Å². The molecule has 0 saturated carbocycles. The van der Waals surface area contributed by atoms with E-state index in [9.17, 15) is 9.18 Å². The van der Waals surface area contributed by atoms with E-state index in [4.69, 9.17) is 4.74 Å². The average Bonchev–Trinajstić information content (AvgIpc) is 2.79. The molecule has 0 fully saturated rings. The van der Waals surface area contributed by atoms with Crippen LogP contribution in [0.25, 0.3) is 10.9 Å². The lowest BCUT2D eigenvalue weighted by Crippen LogP contribution is -2.22. The highest BCUT2D eigenvalue weighted by Gasteiger charge is 2.09. The Kier molecular flexibility index (Phi) is 6.23. The molecule has 0 bridgehead atoms. The van der Waals surface area contributed by atoms with Crippen molar-refractivity contribution < 1.29 is 9.13 Å². The van der Waals surface area contributed by atoms with Crippen LogP contribution in [0, 0.1) is 5.82 Å². The summed E-state index contributed by atoms with van der Waals surface area (Å²) in [7, 11) is 0. The van der Waals surface area contributed by atoms with Crippen LogP contribution >= 0.6 is 15.9 Å². The first-order valence-corrected chi connectivity index (χ1v) is 10.6. The lowest BCUT2D eigenvalue weighted by Gasteiger charge is -2.08. The summed E-state index contributed by atoms with van der Waals surface area (Å²) in [6, 6.07) is 19.0. The van der Waals surface area contributed by atoms with Crippen molar-refractivity contribution in [2.75, 3.05) is 0 Å². The maximum Gasteiger partial charge on any atom is 0.282 e. The Morgan fingerprint density at radius 1 is 1.10 bits per heavy atom. The largest absolute Gasteiger partial charge is 0.489 e. The van der Waals surface area contributed by atoms with E-state index in [1.807, 2.05) is 43.3 Å². The Hall–Kier alpha value is -3.32. The van der Waals surface area contributed by atoms with Gasteiger partial charge >= 0.3 is 0 Å². The highest BCUT2D eigenvalue weighted by molar-refractivity contribution is 9.10. The number of rotatable bonds is 6. The summed E-state index contributed by atoms with van der Waals surface area (Å²) in [5.74, 6) is 1.01. The van der Waals surface area contributed by atoms with Gasteiger partial charge in [-0.1, -0.05) is 35.0 Å². The van der Waals surface area contributed by atoms with Crippen molar-refractivity contribution in [1.29, 1.82) is 0 Å². The molecule has 156 valence electrons. The molecule has 0 radical (unpaired) electrons. The Bertz CT molecular complexity index is 1300. The molecule has 0 aliphatic rings. The summed E-state index contributed by atoms with van der Waals surface area (Å²) >= 11 is 3.40. The number of hydrogen-bond acceptors (Lipinski definition) is 4. The van der Waals surface area contributed by atoms with Crippen LogP contribution < -0.4 is 10.3 Å². The molecular formula is C24H19BrFN3O2. The smallest absolute Gasteiger partial charge is 0.282 e. The van der Waals surface area contributed by atoms with Crippen molar-refractivity contribution in [3.8, 4) is 5.75 Å². The van der Waals surface area contributed by atoms with Gasteiger partial charge in [-0.2, -0.15) is 9.78 Å². The molecule has 0 spiro atoms. The van der Waals surface area contributed by atoms with Crippen LogP contribution in [-0.2, 0) is 13.0 Å². The number of fused-ring (bicyclic) bond motifs is 1. The van der Waals surface area contributed by atoms with Gasteiger partial charge in [0.15, 0.2) is 0 Å². The molecule has 4 aromatic rings. The van der Waals surface area contributed by atoms with Crippen molar-refractivity contribution in [1.82, 2.24) is 9.66 Å². The highest BCUT2D eigenvalue weighted by Crippen LogP contribution is 2.17. The lowest BCUT2D eigenvalue weighted by molar-refractivity contribution is 0.306. The van der Waals surface area contributed by atoms with E-state index < -0.39 is 0 Å². The van der Waals surface area contributed by atoms with Gasteiger partial charge in [-0.05, 0) is 65.7 Å². The molecule has 4 rings (SSSR count). The summed E-state index contributed by atoms with van der Waals surface area (Å²) in [6.07, 6.45) is 2.20. The van der Waals surface area contributed by atoms with Gasteiger partial charge in [0.05, 0.1) is 17.1 Å².